The summed E-state index contributed by atoms with van der Waals surface area (Å²) < 4.78 is 95.6. The number of anilines is 1. The van der Waals surface area contributed by atoms with Gasteiger partial charge in [-0.25, -0.2) is 17.2 Å². The Kier molecular flexibility index (Phi) is 8.31. The van der Waals surface area contributed by atoms with E-state index in [0.29, 0.717) is 0 Å². The number of carbonyl (C=O) groups excluding carboxylic acids is 2. The van der Waals surface area contributed by atoms with Crippen LogP contribution < -0.4 is 15.2 Å². The molecule has 0 saturated carbocycles. The van der Waals surface area contributed by atoms with E-state index in [1.54, 1.807) is 0 Å². The molecule has 218 valence electrons. The summed E-state index contributed by atoms with van der Waals surface area (Å²) in [4.78, 5) is 28.4. The predicted octanol–water partition coefficient (Wildman–Crippen LogP) is 3.30. The van der Waals surface area contributed by atoms with E-state index in [1.807, 2.05) is 0 Å². The number of halogens is 5. The third-order valence-electron chi connectivity index (χ3n) is 6.58. The van der Waals surface area contributed by atoms with Gasteiger partial charge in [-0.2, -0.15) is 13.2 Å². The molecular formula is C26H23F5N4O5S. The number of rotatable bonds is 7. The fourth-order valence-corrected chi connectivity index (χ4v) is 6.13. The Labute approximate surface area is 231 Å². The van der Waals surface area contributed by atoms with Crippen LogP contribution in [0.1, 0.15) is 34.3 Å². The SMILES string of the molecule is O=C(C[C@@H]1CCc2cc(C(O)(CF)C(F)(F)F)ccc2N1S(=O)(=O)c1ccc(F)cc1)NNC(=O)c1ccncc1. The third-order valence-corrected chi connectivity index (χ3v) is 8.47. The standard InChI is InChI=1S/C26H23F5N4O5S/c27-15-25(38,26(29,30)31)18-2-8-22-17(13-18)1-5-20(35(22)41(39,40)21-6-3-19(28)4-7-21)14-23(36)33-34-24(37)16-9-11-32-12-10-16/h2-4,6-13,20,38H,1,5,14-15H2,(H,33,36)(H,34,37)/t20-,25?/m0/s1. The van der Waals surface area contributed by atoms with Gasteiger partial charge in [0.1, 0.15) is 12.5 Å². The van der Waals surface area contributed by atoms with E-state index >= 15 is 0 Å². The second kappa shape index (κ2) is 11.4. The van der Waals surface area contributed by atoms with Gasteiger partial charge in [0.15, 0.2) is 0 Å². The van der Waals surface area contributed by atoms with Crippen LogP contribution >= 0.6 is 0 Å². The van der Waals surface area contributed by atoms with Crippen molar-refractivity contribution in [1.82, 2.24) is 15.8 Å². The minimum Gasteiger partial charge on any atom is -0.374 e. The summed E-state index contributed by atoms with van der Waals surface area (Å²) >= 11 is 0. The van der Waals surface area contributed by atoms with Gasteiger partial charge < -0.3 is 5.11 Å². The first-order valence-electron chi connectivity index (χ1n) is 12.1. The van der Waals surface area contributed by atoms with E-state index in [0.717, 1.165) is 46.8 Å². The van der Waals surface area contributed by atoms with Gasteiger partial charge in [0.2, 0.25) is 11.5 Å². The molecule has 2 atom stereocenters. The second-order valence-electron chi connectivity index (χ2n) is 9.22. The van der Waals surface area contributed by atoms with Crippen LogP contribution in [0.2, 0.25) is 0 Å². The molecule has 1 aliphatic rings. The molecule has 3 N–H and O–H groups in total. The molecule has 41 heavy (non-hydrogen) atoms. The predicted molar refractivity (Wildman–Crippen MR) is 135 cm³/mol. The number of sulfonamides is 1. The number of fused-ring (bicyclic) bond motifs is 1. The van der Waals surface area contributed by atoms with E-state index in [2.05, 4.69) is 15.8 Å². The van der Waals surface area contributed by atoms with Gasteiger partial charge in [0.25, 0.3) is 15.9 Å². The lowest BCUT2D eigenvalue weighted by molar-refractivity contribution is -0.271. The summed E-state index contributed by atoms with van der Waals surface area (Å²) in [5.74, 6) is -2.16. The molecular weight excluding hydrogens is 575 g/mol. The number of nitrogens with zero attached hydrogens (tertiary/aromatic N) is 2. The molecule has 2 aromatic carbocycles. The van der Waals surface area contributed by atoms with Crippen LogP contribution in [0.4, 0.5) is 27.6 Å². The summed E-state index contributed by atoms with van der Waals surface area (Å²) in [6, 6.07) is 8.13. The van der Waals surface area contributed by atoms with E-state index in [-0.39, 0.29) is 34.6 Å². The number of hydrogen-bond donors (Lipinski definition) is 3. The van der Waals surface area contributed by atoms with Gasteiger partial charge in [-0.3, -0.25) is 29.7 Å². The molecule has 15 heteroatoms. The molecule has 0 radical (unpaired) electrons. The molecule has 0 saturated heterocycles. The highest BCUT2D eigenvalue weighted by atomic mass is 32.2. The number of hydrazine groups is 1. The molecule has 1 aliphatic heterocycles. The van der Waals surface area contributed by atoms with Crippen LogP contribution in [-0.4, -0.2) is 49.2 Å². The summed E-state index contributed by atoms with van der Waals surface area (Å²) in [5, 5.41) is 10.1. The minimum atomic E-state index is -5.36. The van der Waals surface area contributed by atoms with Crippen molar-refractivity contribution in [3.8, 4) is 0 Å². The summed E-state index contributed by atoms with van der Waals surface area (Å²) in [5.41, 5.74) is -0.106. The summed E-state index contributed by atoms with van der Waals surface area (Å²) in [6.45, 7) is -2.17. The number of pyridine rings is 1. The summed E-state index contributed by atoms with van der Waals surface area (Å²) in [6.07, 6.45) is -3.20. The van der Waals surface area contributed by atoms with Gasteiger partial charge >= 0.3 is 6.18 Å². The molecule has 0 bridgehead atoms. The zero-order valence-corrected chi connectivity index (χ0v) is 21.8. The molecule has 4 rings (SSSR count). The van der Waals surface area contributed by atoms with Crippen molar-refractivity contribution in [2.45, 2.75) is 42.0 Å². The van der Waals surface area contributed by atoms with E-state index < -0.39 is 64.1 Å². The first-order chi connectivity index (χ1) is 19.3. The first-order valence-corrected chi connectivity index (χ1v) is 13.5. The number of aryl methyl sites for hydroxylation is 1. The quantitative estimate of drug-likeness (QED) is 0.283. The van der Waals surface area contributed by atoms with Crippen LogP contribution in [-0.2, 0) is 26.8 Å². The topological polar surface area (TPSA) is 129 Å². The Morgan fingerprint density at radius 2 is 1.68 bits per heavy atom. The van der Waals surface area contributed by atoms with Crippen molar-refractivity contribution >= 4 is 27.5 Å². The number of alkyl halides is 4. The van der Waals surface area contributed by atoms with E-state index in [4.69, 9.17) is 0 Å². The first kappa shape index (κ1) is 29.9. The number of carbonyl (C=O) groups is 2. The van der Waals surface area contributed by atoms with Crippen LogP contribution in [0, 0.1) is 5.82 Å². The Morgan fingerprint density at radius 3 is 2.29 bits per heavy atom. The second-order valence-corrected chi connectivity index (χ2v) is 11.0. The van der Waals surface area contributed by atoms with Gasteiger partial charge in [-0.05, 0) is 66.4 Å². The van der Waals surface area contributed by atoms with Crippen LogP contribution in [0.3, 0.4) is 0 Å². The largest absolute Gasteiger partial charge is 0.424 e. The molecule has 0 spiro atoms. The maximum absolute atomic E-state index is 13.7. The molecule has 1 aromatic heterocycles. The maximum atomic E-state index is 13.7. The van der Waals surface area contributed by atoms with Gasteiger partial charge in [0, 0.05) is 24.4 Å². The molecule has 2 amide bonds. The van der Waals surface area contributed by atoms with Crippen molar-refractivity contribution in [3.63, 3.8) is 0 Å². The third kappa shape index (κ3) is 6.00. The number of benzene rings is 2. The smallest absolute Gasteiger partial charge is 0.374 e. The average molecular weight is 599 g/mol. The van der Waals surface area contributed by atoms with E-state index in [9.17, 15) is 45.1 Å². The fourth-order valence-electron chi connectivity index (χ4n) is 4.41. The average Bonchev–Trinajstić information content (AvgIpc) is 2.95. The number of hydrogen-bond acceptors (Lipinski definition) is 6. The number of aromatic nitrogens is 1. The monoisotopic (exact) mass is 598 g/mol. The Bertz CT molecular complexity index is 1540. The molecule has 3 aromatic rings. The Hall–Kier alpha value is -4.11. The van der Waals surface area contributed by atoms with Crippen LogP contribution in [0.5, 0.6) is 0 Å². The van der Waals surface area contributed by atoms with Gasteiger partial charge in [0.05, 0.1) is 16.6 Å². The van der Waals surface area contributed by atoms with Crippen LogP contribution in [0.15, 0.2) is 71.9 Å². The van der Waals surface area contributed by atoms with Crippen molar-refractivity contribution in [2.75, 3.05) is 11.0 Å². The Balaban J connectivity index is 1.67. The molecule has 0 aliphatic carbocycles. The highest BCUT2D eigenvalue weighted by Crippen LogP contribution is 2.43. The van der Waals surface area contributed by atoms with E-state index in [1.165, 1.54) is 24.5 Å². The highest BCUT2D eigenvalue weighted by Gasteiger charge is 2.55. The number of amides is 2. The molecule has 1 unspecified atom stereocenters. The van der Waals surface area contributed by atoms with Gasteiger partial charge in [-0.15, -0.1) is 0 Å². The van der Waals surface area contributed by atoms with Crippen LogP contribution in [0.25, 0.3) is 0 Å². The maximum Gasteiger partial charge on any atom is 0.424 e. The zero-order valence-electron chi connectivity index (χ0n) is 21.0. The number of aliphatic hydroxyl groups is 1. The Morgan fingerprint density at radius 1 is 1.02 bits per heavy atom. The fraction of sp³-hybridized carbons (Fsp3) is 0.269. The van der Waals surface area contributed by atoms with Crippen molar-refractivity contribution in [3.05, 3.63) is 89.5 Å². The number of nitrogens with one attached hydrogen (secondary N) is 2. The van der Waals surface area contributed by atoms with Crippen molar-refractivity contribution < 1.29 is 45.1 Å². The molecule has 2 heterocycles. The molecule has 0 fully saturated rings. The van der Waals surface area contributed by atoms with Crippen molar-refractivity contribution in [1.29, 1.82) is 0 Å². The van der Waals surface area contributed by atoms with Gasteiger partial charge in [-0.1, -0.05) is 12.1 Å². The summed E-state index contributed by atoms with van der Waals surface area (Å²) in [7, 11) is -4.51. The lowest BCUT2D eigenvalue weighted by atomic mass is 9.88. The highest BCUT2D eigenvalue weighted by molar-refractivity contribution is 7.92. The zero-order chi connectivity index (χ0) is 30.0. The minimum absolute atomic E-state index is 0.0276. The van der Waals surface area contributed by atoms with Crippen molar-refractivity contribution in [2.24, 2.45) is 0 Å². The normalized spacial score (nSPS) is 16.8. The lowest BCUT2D eigenvalue weighted by Gasteiger charge is -2.38. The lowest BCUT2D eigenvalue weighted by Crippen LogP contribution is -2.49. The molecule has 9 nitrogen and oxygen atoms in total.